The molecule has 1 fully saturated rings. The number of benzene rings is 1. The molecular formula is C20H28FN3. The molecule has 1 aliphatic carbocycles. The molecular weight excluding hydrogens is 301 g/mol. The van der Waals surface area contributed by atoms with E-state index in [-0.39, 0.29) is 11.4 Å². The summed E-state index contributed by atoms with van der Waals surface area (Å²) in [5.41, 5.74) is 4.08. The van der Waals surface area contributed by atoms with Gasteiger partial charge in [-0.2, -0.15) is 5.10 Å². The molecule has 0 aliphatic heterocycles. The predicted molar refractivity (Wildman–Crippen MR) is 95.5 cm³/mol. The lowest BCUT2D eigenvalue weighted by Gasteiger charge is -2.31. The highest BCUT2D eigenvalue weighted by molar-refractivity contribution is 5.30. The van der Waals surface area contributed by atoms with E-state index < -0.39 is 0 Å². The number of hydrogen-bond acceptors (Lipinski definition) is 2. The maximum absolute atomic E-state index is 14.4. The van der Waals surface area contributed by atoms with E-state index in [0.717, 1.165) is 43.5 Å². The molecule has 130 valence electrons. The minimum Gasteiger partial charge on any atom is -0.303 e. The van der Waals surface area contributed by atoms with Crippen molar-refractivity contribution >= 4 is 0 Å². The van der Waals surface area contributed by atoms with Crippen LogP contribution in [0.4, 0.5) is 4.39 Å². The first kappa shape index (κ1) is 17.2. The Morgan fingerprint density at radius 3 is 2.46 bits per heavy atom. The maximum Gasteiger partial charge on any atom is 0.128 e. The Kier molecular flexibility index (Phi) is 4.77. The second-order valence-electron chi connectivity index (χ2n) is 7.31. The topological polar surface area (TPSA) is 29.9 Å². The molecule has 0 radical (unpaired) electrons. The minimum atomic E-state index is -0.246. The Bertz CT molecular complexity index is 712. The third kappa shape index (κ3) is 3.00. The molecule has 1 aromatic carbocycles. The highest BCUT2D eigenvalue weighted by Gasteiger charge is 2.37. The Morgan fingerprint density at radius 1 is 1.21 bits per heavy atom. The van der Waals surface area contributed by atoms with Crippen molar-refractivity contribution in [3.8, 4) is 0 Å². The fraction of sp³-hybridized carbons (Fsp3) is 0.550. The van der Waals surface area contributed by atoms with E-state index >= 15 is 0 Å². The highest BCUT2D eigenvalue weighted by Crippen LogP contribution is 2.40. The number of nitrogens with zero attached hydrogens (tertiary/aromatic N) is 2. The van der Waals surface area contributed by atoms with E-state index in [9.17, 15) is 4.39 Å². The third-order valence-electron chi connectivity index (χ3n) is 5.41. The predicted octanol–water partition coefficient (Wildman–Crippen LogP) is 4.78. The fourth-order valence-corrected chi connectivity index (χ4v) is 4.08. The van der Waals surface area contributed by atoms with Crippen molar-refractivity contribution in [2.45, 2.75) is 71.5 Å². The van der Waals surface area contributed by atoms with Crippen molar-refractivity contribution in [1.82, 2.24) is 15.1 Å². The van der Waals surface area contributed by atoms with Gasteiger partial charge in [0.1, 0.15) is 5.82 Å². The Labute approximate surface area is 144 Å². The second kappa shape index (κ2) is 6.67. The SMILES string of the molecule is Cc1nn(C(C)C)c(C)c1CNC1(c2ccccc2F)CCCC1. The summed E-state index contributed by atoms with van der Waals surface area (Å²) in [4.78, 5) is 0. The number of aryl methyl sites for hydroxylation is 1. The molecule has 1 heterocycles. The Morgan fingerprint density at radius 2 is 1.88 bits per heavy atom. The minimum absolute atomic E-state index is 0.0989. The monoisotopic (exact) mass is 329 g/mol. The van der Waals surface area contributed by atoms with Crippen molar-refractivity contribution in [2.75, 3.05) is 0 Å². The standard InChI is InChI=1S/C20H28FN3/c1-14(2)24-16(4)17(15(3)23-24)13-22-20(11-7-8-12-20)18-9-5-6-10-19(18)21/h5-6,9-10,14,22H,7-8,11-13H2,1-4H3. The number of nitrogens with one attached hydrogen (secondary N) is 1. The molecule has 0 amide bonds. The lowest BCUT2D eigenvalue weighted by atomic mass is 9.87. The summed E-state index contributed by atoms with van der Waals surface area (Å²) in [6, 6.07) is 7.56. The van der Waals surface area contributed by atoms with Gasteiger partial charge in [0.05, 0.1) is 5.69 Å². The first-order valence-electron chi connectivity index (χ1n) is 8.99. The number of aromatic nitrogens is 2. The quantitative estimate of drug-likeness (QED) is 0.855. The number of halogens is 1. The summed E-state index contributed by atoms with van der Waals surface area (Å²) < 4.78 is 16.5. The second-order valence-corrected chi connectivity index (χ2v) is 7.31. The van der Waals surface area contributed by atoms with E-state index in [1.165, 1.54) is 11.3 Å². The van der Waals surface area contributed by atoms with Gasteiger partial charge in [-0.25, -0.2) is 4.39 Å². The van der Waals surface area contributed by atoms with Crippen molar-refractivity contribution in [3.05, 3.63) is 52.6 Å². The summed E-state index contributed by atoms with van der Waals surface area (Å²) in [6.45, 7) is 9.22. The summed E-state index contributed by atoms with van der Waals surface area (Å²) in [6.07, 6.45) is 4.27. The van der Waals surface area contributed by atoms with Crippen molar-refractivity contribution in [2.24, 2.45) is 0 Å². The first-order valence-corrected chi connectivity index (χ1v) is 8.99. The Balaban J connectivity index is 1.88. The molecule has 1 aromatic heterocycles. The maximum atomic E-state index is 14.4. The van der Waals surface area contributed by atoms with Crippen LogP contribution in [-0.4, -0.2) is 9.78 Å². The van der Waals surface area contributed by atoms with Crippen LogP contribution in [0.15, 0.2) is 24.3 Å². The normalized spacial score (nSPS) is 16.9. The lowest BCUT2D eigenvalue weighted by molar-refractivity contribution is 0.325. The van der Waals surface area contributed by atoms with Gasteiger partial charge in [-0.3, -0.25) is 4.68 Å². The molecule has 1 N–H and O–H groups in total. The van der Waals surface area contributed by atoms with E-state index in [1.54, 1.807) is 12.1 Å². The number of rotatable bonds is 5. The average Bonchev–Trinajstić information content (AvgIpc) is 3.12. The Hall–Kier alpha value is -1.68. The summed E-state index contributed by atoms with van der Waals surface area (Å²) >= 11 is 0. The zero-order valence-electron chi connectivity index (χ0n) is 15.2. The van der Waals surface area contributed by atoms with Gasteiger partial charge in [0.25, 0.3) is 0 Å². The number of hydrogen-bond donors (Lipinski definition) is 1. The molecule has 3 rings (SSSR count). The van der Waals surface area contributed by atoms with Gasteiger partial charge in [0.15, 0.2) is 0 Å². The molecule has 4 heteroatoms. The van der Waals surface area contributed by atoms with Gasteiger partial charge in [0.2, 0.25) is 0 Å². The van der Waals surface area contributed by atoms with Gasteiger partial charge < -0.3 is 5.32 Å². The fourth-order valence-electron chi connectivity index (χ4n) is 4.08. The van der Waals surface area contributed by atoms with Crippen LogP contribution in [0.5, 0.6) is 0 Å². The van der Waals surface area contributed by atoms with Crippen LogP contribution in [0, 0.1) is 19.7 Å². The van der Waals surface area contributed by atoms with Crippen molar-refractivity contribution < 1.29 is 4.39 Å². The average molecular weight is 329 g/mol. The molecule has 2 aromatic rings. The molecule has 3 nitrogen and oxygen atoms in total. The van der Waals surface area contributed by atoms with Crippen LogP contribution in [0.25, 0.3) is 0 Å². The third-order valence-corrected chi connectivity index (χ3v) is 5.41. The van der Waals surface area contributed by atoms with E-state index in [2.05, 4.69) is 42.8 Å². The summed E-state index contributed by atoms with van der Waals surface area (Å²) in [5.74, 6) is -0.0989. The molecule has 0 atom stereocenters. The molecule has 0 bridgehead atoms. The lowest BCUT2D eigenvalue weighted by Crippen LogP contribution is -2.40. The zero-order valence-corrected chi connectivity index (χ0v) is 15.2. The van der Waals surface area contributed by atoms with Crippen LogP contribution in [0.1, 0.15) is 68.1 Å². The van der Waals surface area contributed by atoms with Gasteiger partial charge >= 0.3 is 0 Å². The molecule has 0 unspecified atom stereocenters. The van der Waals surface area contributed by atoms with Crippen molar-refractivity contribution in [3.63, 3.8) is 0 Å². The van der Waals surface area contributed by atoms with Crippen LogP contribution in [0.2, 0.25) is 0 Å². The van der Waals surface area contributed by atoms with E-state index in [4.69, 9.17) is 0 Å². The van der Waals surface area contributed by atoms with E-state index in [0.29, 0.717) is 6.04 Å². The first-order chi connectivity index (χ1) is 11.4. The summed E-state index contributed by atoms with van der Waals surface area (Å²) in [5, 5.41) is 8.38. The molecule has 1 aliphatic rings. The molecule has 24 heavy (non-hydrogen) atoms. The molecule has 1 saturated carbocycles. The summed E-state index contributed by atoms with van der Waals surface area (Å²) in [7, 11) is 0. The van der Waals surface area contributed by atoms with Crippen LogP contribution in [0.3, 0.4) is 0 Å². The van der Waals surface area contributed by atoms with Gasteiger partial charge in [-0.15, -0.1) is 0 Å². The molecule has 0 spiro atoms. The molecule has 0 saturated heterocycles. The van der Waals surface area contributed by atoms with Gasteiger partial charge in [-0.05, 0) is 46.6 Å². The highest BCUT2D eigenvalue weighted by atomic mass is 19.1. The van der Waals surface area contributed by atoms with Gasteiger partial charge in [-0.1, -0.05) is 31.0 Å². The van der Waals surface area contributed by atoms with Gasteiger partial charge in [0, 0.05) is 34.9 Å². The van der Waals surface area contributed by atoms with E-state index in [1.807, 2.05) is 12.1 Å². The smallest absolute Gasteiger partial charge is 0.128 e. The zero-order chi connectivity index (χ0) is 17.3. The van der Waals surface area contributed by atoms with Crippen LogP contribution < -0.4 is 5.32 Å². The van der Waals surface area contributed by atoms with Crippen LogP contribution in [-0.2, 0) is 12.1 Å². The van der Waals surface area contributed by atoms with Crippen molar-refractivity contribution in [1.29, 1.82) is 0 Å². The van der Waals surface area contributed by atoms with Crippen LogP contribution >= 0.6 is 0 Å². The largest absolute Gasteiger partial charge is 0.303 e.